The third-order valence-corrected chi connectivity index (χ3v) is 4.86. The van der Waals surface area contributed by atoms with Crippen LogP contribution < -0.4 is 10.9 Å². The van der Waals surface area contributed by atoms with E-state index in [4.69, 9.17) is 0 Å². The molecule has 4 rings (SSSR count). The number of benzene rings is 1. The van der Waals surface area contributed by atoms with E-state index in [1.165, 1.54) is 4.57 Å². The molecule has 3 N–H and O–H groups in total. The van der Waals surface area contributed by atoms with E-state index < -0.39 is 12.0 Å². The average molecular weight is 388 g/mol. The molecule has 29 heavy (non-hydrogen) atoms. The molecule has 7 heteroatoms. The van der Waals surface area contributed by atoms with Crippen LogP contribution in [0.15, 0.2) is 65.7 Å². The molecule has 0 aliphatic heterocycles. The number of aromatic amines is 1. The summed E-state index contributed by atoms with van der Waals surface area (Å²) in [6, 6.07) is 14.1. The molecule has 3 aromatic heterocycles. The van der Waals surface area contributed by atoms with Gasteiger partial charge in [-0.2, -0.15) is 0 Å². The number of anilines is 1. The van der Waals surface area contributed by atoms with Crippen LogP contribution in [0.1, 0.15) is 17.2 Å². The Bertz CT molecular complexity index is 1260. The van der Waals surface area contributed by atoms with Gasteiger partial charge in [-0.1, -0.05) is 36.4 Å². The number of aliphatic hydroxyl groups excluding tert-OH is 1. The van der Waals surface area contributed by atoms with Crippen LogP contribution in [-0.4, -0.2) is 25.5 Å². The Morgan fingerprint density at radius 1 is 1.17 bits per heavy atom. The molecule has 1 atom stereocenters. The zero-order valence-corrected chi connectivity index (χ0v) is 16.0. The van der Waals surface area contributed by atoms with Gasteiger partial charge in [0.2, 0.25) is 0 Å². The summed E-state index contributed by atoms with van der Waals surface area (Å²) in [7, 11) is 1.68. The molecule has 7 nitrogen and oxygen atoms in total. The van der Waals surface area contributed by atoms with Crippen LogP contribution in [0.3, 0.4) is 0 Å². The highest BCUT2D eigenvalue weighted by Crippen LogP contribution is 2.28. The van der Waals surface area contributed by atoms with E-state index in [2.05, 4.69) is 15.3 Å². The summed E-state index contributed by atoms with van der Waals surface area (Å²) in [6.45, 7) is 1.91. The van der Waals surface area contributed by atoms with Gasteiger partial charge < -0.3 is 20.0 Å². The number of pyridine rings is 2. The Balaban J connectivity index is 1.71. The Hall–Kier alpha value is -3.71. The molecule has 0 saturated carbocycles. The number of fused-ring (bicyclic) bond motifs is 1. The number of carbonyl (C=O) groups is 1. The molecule has 0 aliphatic rings. The summed E-state index contributed by atoms with van der Waals surface area (Å²) in [6.07, 6.45) is 2.15. The molecular weight excluding hydrogens is 368 g/mol. The summed E-state index contributed by atoms with van der Waals surface area (Å²) in [5, 5.41) is 13.7. The van der Waals surface area contributed by atoms with E-state index in [9.17, 15) is 14.7 Å². The number of hydrogen-bond donors (Lipinski definition) is 3. The maximum atomic E-state index is 12.5. The lowest BCUT2D eigenvalue weighted by molar-refractivity contribution is -0.124. The van der Waals surface area contributed by atoms with E-state index in [0.29, 0.717) is 22.6 Å². The molecule has 1 aromatic carbocycles. The first-order chi connectivity index (χ1) is 14.0. The van der Waals surface area contributed by atoms with Crippen molar-refractivity contribution in [2.45, 2.75) is 13.0 Å². The second-order valence-electron chi connectivity index (χ2n) is 6.89. The zero-order chi connectivity index (χ0) is 20.5. The molecule has 0 fully saturated rings. The number of nitrogens with zero attached hydrogens (tertiary/aromatic N) is 2. The van der Waals surface area contributed by atoms with Crippen molar-refractivity contribution in [1.82, 2.24) is 14.5 Å². The number of carbonyl (C=O) groups excluding carboxylic acids is 1. The molecular formula is C22H20N4O3. The number of aromatic nitrogens is 3. The topological polar surface area (TPSA) is 100 Å². The van der Waals surface area contributed by atoms with Crippen molar-refractivity contribution < 1.29 is 9.90 Å². The van der Waals surface area contributed by atoms with Gasteiger partial charge in [0, 0.05) is 30.4 Å². The lowest BCUT2D eigenvalue weighted by Gasteiger charge is -2.14. The molecule has 0 spiro atoms. The highest BCUT2D eigenvalue weighted by Gasteiger charge is 2.19. The summed E-state index contributed by atoms with van der Waals surface area (Å²) in [5.74, 6) is -0.242. The molecule has 0 bridgehead atoms. The quantitative estimate of drug-likeness (QED) is 0.500. The van der Waals surface area contributed by atoms with Gasteiger partial charge in [-0.05, 0) is 30.2 Å². The van der Waals surface area contributed by atoms with E-state index in [1.807, 2.05) is 25.1 Å². The number of hydrogen-bond acceptors (Lipinski definition) is 4. The second-order valence-corrected chi connectivity index (χ2v) is 6.89. The first-order valence-corrected chi connectivity index (χ1v) is 9.14. The van der Waals surface area contributed by atoms with Gasteiger partial charge in [-0.25, -0.2) is 4.98 Å². The van der Waals surface area contributed by atoms with Crippen molar-refractivity contribution in [2.24, 2.45) is 7.05 Å². The largest absolute Gasteiger partial charge is 0.378 e. The lowest BCUT2D eigenvalue weighted by atomic mass is 10.0. The summed E-state index contributed by atoms with van der Waals surface area (Å²) in [4.78, 5) is 32.3. The van der Waals surface area contributed by atoms with Crippen molar-refractivity contribution in [3.63, 3.8) is 0 Å². The Kier molecular flexibility index (Phi) is 4.74. The molecule has 3 heterocycles. The predicted octanol–water partition coefficient (Wildman–Crippen LogP) is 2.91. The van der Waals surface area contributed by atoms with Crippen LogP contribution >= 0.6 is 0 Å². The monoisotopic (exact) mass is 388 g/mol. The van der Waals surface area contributed by atoms with Gasteiger partial charge in [0.05, 0.1) is 5.69 Å². The normalized spacial score (nSPS) is 12.1. The summed E-state index contributed by atoms with van der Waals surface area (Å²) < 4.78 is 1.50. The maximum absolute atomic E-state index is 12.5. The van der Waals surface area contributed by atoms with Crippen molar-refractivity contribution in [2.75, 3.05) is 5.32 Å². The number of rotatable bonds is 4. The Labute approximate surface area is 166 Å². The smallest absolute Gasteiger partial charge is 0.274 e. The highest BCUT2D eigenvalue weighted by atomic mass is 16.3. The fraction of sp³-hybridized carbons (Fsp3) is 0.136. The second kappa shape index (κ2) is 7.37. The van der Waals surface area contributed by atoms with E-state index >= 15 is 0 Å². The van der Waals surface area contributed by atoms with Gasteiger partial charge in [0.15, 0.2) is 6.10 Å². The summed E-state index contributed by atoms with van der Waals surface area (Å²) >= 11 is 0. The number of nitrogens with one attached hydrogen (secondary N) is 2. The first-order valence-electron chi connectivity index (χ1n) is 9.14. The molecule has 0 unspecified atom stereocenters. The average Bonchev–Trinajstić information content (AvgIpc) is 3.22. The van der Waals surface area contributed by atoms with Crippen LogP contribution in [0.5, 0.6) is 0 Å². The molecule has 0 radical (unpaired) electrons. The van der Waals surface area contributed by atoms with Gasteiger partial charge >= 0.3 is 0 Å². The van der Waals surface area contributed by atoms with Gasteiger partial charge in [0.1, 0.15) is 11.3 Å². The predicted molar refractivity (Wildman–Crippen MR) is 112 cm³/mol. The number of amides is 1. The standard InChI is InChI=1S/C22H20N4O3/c1-13-8-9-17(25-21(28)20(27)14-6-4-3-5-7-14)24-18(13)16-12-26(2)22(29)19-15(16)10-11-23-19/h3-12,20,23,27H,1-2H3,(H,24,25,28)/t20-/m0/s1. The lowest BCUT2D eigenvalue weighted by Crippen LogP contribution is -2.21. The SMILES string of the molecule is Cc1ccc(NC(=O)[C@@H](O)c2ccccc2)nc1-c1cn(C)c(=O)c2[nH]ccc12. The minimum absolute atomic E-state index is 0.123. The fourth-order valence-electron chi connectivity index (χ4n) is 3.31. The molecule has 4 aromatic rings. The number of aryl methyl sites for hydroxylation is 2. The number of aliphatic hydroxyl groups is 1. The molecule has 1 amide bonds. The van der Waals surface area contributed by atoms with Crippen LogP contribution in [-0.2, 0) is 11.8 Å². The van der Waals surface area contributed by atoms with Crippen LogP contribution in [0, 0.1) is 6.92 Å². The van der Waals surface area contributed by atoms with Crippen LogP contribution in [0.4, 0.5) is 5.82 Å². The Morgan fingerprint density at radius 3 is 2.69 bits per heavy atom. The minimum Gasteiger partial charge on any atom is -0.378 e. The third-order valence-electron chi connectivity index (χ3n) is 4.86. The van der Waals surface area contributed by atoms with Crippen molar-refractivity contribution in [3.8, 4) is 11.3 Å². The molecule has 146 valence electrons. The highest BCUT2D eigenvalue weighted by molar-refractivity contribution is 5.96. The number of H-pyrrole nitrogens is 1. The summed E-state index contributed by atoms with van der Waals surface area (Å²) in [5.41, 5.74) is 3.21. The van der Waals surface area contributed by atoms with Gasteiger partial charge in [-0.15, -0.1) is 0 Å². The van der Waals surface area contributed by atoms with Crippen molar-refractivity contribution in [3.05, 3.63) is 82.4 Å². The molecule has 0 saturated heterocycles. The van der Waals surface area contributed by atoms with Crippen molar-refractivity contribution in [1.29, 1.82) is 0 Å². The third kappa shape index (κ3) is 3.43. The van der Waals surface area contributed by atoms with E-state index in [-0.39, 0.29) is 5.56 Å². The molecule has 0 aliphatic carbocycles. The van der Waals surface area contributed by atoms with Gasteiger partial charge in [0.25, 0.3) is 11.5 Å². The minimum atomic E-state index is -1.29. The maximum Gasteiger partial charge on any atom is 0.274 e. The first kappa shape index (κ1) is 18.6. The zero-order valence-electron chi connectivity index (χ0n) is 16.0. The van der Waals surface area contributed by atoms with E-state index in [0.717, 1.165) is 16.5 Å². The fourth-order valence-corrected chi connectivity index (χ4v) is 3.31. The van der Waals surface area contributed by atoms with Gasteiger partial charge in [-0.3, -0.25) is 9.59 Å². The van der Waals surface area contributed by atoms with E-state index in [1.54, 1.807) is 49.8 Å². The van der Waals surface area contributed by atoms with Crippen molar-refractivity contribution >= 4 is 22.6 Å². The van der Waals surface area contributed by atoms with Crippen LogP contribution in [0.25, 0.3) is 22.2 Å². The van der Waals surface area contributed by atoms with Crippen LogP contribution in [0.2, 0.25) is 0 Å². The Morgan fingerprint density at radius 2 is 1.93 bits per heavy atom.